The van der Waals surface area contributed by atoms with Crippen molar-refractivity contribution in [2.75, 3.05) is 20.2 Å². The molecule has 3 fully saturated rings. The first-order valence-electron chi connectivity index (χ1n) is 19.4. The molecule has 298 valence electrons. The van der Waals surface area contributed by atoms with Gasteiger partial charge in [0.25, 0.3) is 5.91 Å². The van der Waals surface area contributed by atoms with Crippen molar-refractivity contribution in [3.63, 3.8) is 0 Å². The minimum atomic E-state index is -4.01. The molecule has 5 atom stereocenters. The van der Waals surface area contributed by atoms with Gasteiger partial charge in [0, 0.05) is 30.5 Å². The largest absolute Gasteiger partial charge is 0.483 e. The van der Waals surface area contributed by atoms with E-state index in [1.165, 1.54) is 16.9 Å². The van der Waals surface area contributed by atoms with Gasteiger partial charge in [0.05, 0.1) is 35.1 Å². The van der Waals surface area contributed by atoms with Crippen molar-refractivity contribution < 1.29 is 42.2 Å². The molecule has 3 N–H and O–H groups in total. The minimum Gasteiger partial charge on any atom is -0.483 e. The van der Waals surface area contributed by atoms with Gasteiger partial charge in [0.1, 0.15) is 29.0 Å². The topological polar surface area (TPSA) is 197 Å². The van der Waals surface area contributed by atoms with Gasteiger partial charge in [0.2, 0.25) is 27.7 Å². The number of ether oxygens (including phenoxy) is 2. The summed E-state index contributed by atoms with van der Waals surface area (Å²) in [6.45, 7) is 7.32. The van der Waals surface area contributed by atoms with Crippen LogP contribution in [0.25, 0.3) is 11.0 Å². The summed E-state index contributed by atoms with van der Waals surface area (Å²) in [5, 5.41) is 13.3. The van der Waals surface area contributed by atoms with Gasteiger partial charge < -0.3 is 24.8 Å². The van der Waals surface area contributed by atoms with Gasteiger partial charge in [-0.05, 0) is 77.2 Å². The molecule has 2 aromatic heterocycles. The van der Waals surface area contributed by atoms with Crippen molar-refractivity contribution >= 4 is 44.9 Å². The molecule has 0 radical (unpaired) electrons. The molecule has 2 aromatic rings. The van der Waals surface area contributed by atoms with Crippen LogP contribution in [0.1, 0.15) is 96.2 Å². The fourth-order valence-electron chi connectivity index (χ4n) is 8.51. The highest BCUT2D eigenvalue weighted by atomic mass is 32.2. The highest BCUT2D eigenvalue weighted by molar-refractivity contribution is 7.91. The first-order valence-corrected chi connectivity index (χ1v) is 20.9. The van der Waals surface area contributed by atoms with Crippen LogP contribution in [0.15, 0.2) is 24.3 Å². The summed E-state index contributed by atoms with van der Waals surface area (Å²) < 4.78 is 39.9. The number of pyridine rings is 2. The Morgan fingerprint density at radius 3 is 2.60 bits per heavy atom. The molecule has 2 saturated carbocycles. The average molecular weight is 781 g/mol. The predicted octanol–water partition coefficient (Wildman–Crippen LogP) is 4.01. The van der Waals surface area contributed by atoms with E-state index in [2.05, 4.69) is 15.0 Å². The van der Waals surface area contributed by atoms with Crippen LogP contribution in [0.2, 0.25) is 0 Å². The van der Waals surface area contributed by atoms with E-state index in [1.807, 2.05) is 39.0 Å². The normalized spacial score (nSPS) is 29.5. The zero-order valence-corrected chi connectivity index (χ0v) is 33.0. The molecule has 1 spiro atoms. The van der Waals surface area contributed by atoms with Crippen LogP contribution in [-0.2, 0) is 30.8 Å². The summed E-state index contributed by atoms with van der Waals surface area (Å²) in [7, 11) is -2.47. The lowest BCUT2D eigenvalue weighted by Gasteiger charge is -2.37. The van der Waals surface area contributed by atoms with Gasteiger partial charge in [0.15, 0.2) is 0 Å². The number of methoxy groups -OCH3 is 1. The standard InChI is InChI=1S/C39H52N6O9S/c1-23(2)21-44(36(49)50)28-12-10-8-6-7-9-11-25-19-39(25,35(48)43-55(51,52)37(4)17-18-37)42-33(46)29-20-38(22-45(29)34(28)47)16-15-26-31-27(13-14-30(41-31)53-5)40-24(3)32(26)54-38/h9,11,13-14,23,25,28-29H,6-8,10,12,15-22H2,1-5H3,(H,42,46)(H,43,48)(H,49,50)/b11-9-/t25-,28+,29+,38-,39-/m1/s1. The van der Waals surface area contributed by atoms with Crippen molar-refractivity contribution in [2.24, 2.45) is 11.8 Å². The number of nitrogens with one attached hydrogen (secondary N) is 2. The number of amides is 4. The highest BCUT2D eigenvalue weighted by Gasteiger charge is 2.64. The number of carbonyl (C=O) groups excluding carboxylic acids is 3. The molecule has 5 heterocycles. The van der Waals surface area contributed by atoms with Crippen molar-refractivity contribution in [3.8, 4) is 11.6 Å². The van der Waals surface area contributed by atoms with E-state index in [0.717, 1.165) is 18.4 Å². The van der Waals surface area contributed by atoms with Crippen molar-refractivity contribution in [3.05, 3.63) is 35.5 Å². The maximum atomic E-state index is 14.9. The number of aryl methyl sites for hydroxylation is 2. The summed E-state index contributed by atoms with van der Waals surface area (Å²) in [4.78, 5) is 68.3. The fourth-order valence-corrected chi connectivity index (χ4v) is 9.82. The monoisotopic (exact) mass is 780 g/mol. The number of nitrogens with zero attached hydrogens (tertiary/aromatic N) is 4. The minimum absolute atomic E-state index is 0.00667. The molecule has 3 aliphatic heterocycles. The third-order valence-corrected chi connectivity index (χ3v) is 14.3. The number of rotatable bonds is 7. The second-order valence-corrected chi connectivity index (χ2v) is 19.0. The molecule has 55 heavy (non-hydrogen) atoms. The van der Waals surface area contributed by atoms with Crippen LogP contribution in [0.3, 0.4) is 0 Å². The Kier molecular flexibility index (Phi) is 10.0. The molecule has 2 aliphatic carbocycles. The Labute approximate surface area is 321 Å². The SMILES string of the molecule is COc1ccc2nc(C)c3c(c2n1)CC[C@]1(C[C@H]2C(=O)N[C@]4(C(=O)NS(=O)(=O)C5(C)CC5)C[C@H]4/C=C\CCCCC[C@H](N(CC(C)C)C(=O)O)C(=O)N2C1)O3. The lowest BCUT2D eigenvalue weighted by Crippen LogP contribution is -2.59. The average Bonchev–Trinajstić information content (AvgIpc) is 4.03. The van der Waals surface area contributed by atoms with Gasteiger partial charge in [-0.25, -0.2) is 23.2 Å². The number of aromatic nitrogens is 2. The van der Waals surface area contributed by atoms with E-state index < -0.39 is 67.7 Å². The molecule has 5 aliphatic rings. The molecule has 4 amide bonds. The smallest absolute Gasteiger partial charge is 0.407 e. The lowest BCUT2D eigenvalue weighted by molar-refractivity contribution is -0.143. The maximum absolute atomic E-state index is 14.9. The van der Waals surface area contributed by atoms with Crippen molar-refractivity contribution in [1.82, 2.24) is 29.8 Å². The summed E-state index contributed by atoms with van der Waals surface area (Å²) >= 11 is 0. The highest BCUT2D eigenvalue weighted by Crippen LogP contribution is 2.49. The van der Waals surface area contributed by atoms with Crippen LogP contribution in [0.5, 0.6) is 11.6 Å². The number of hydrogen-bond acceptors (Lipinski definition) is 10. The van der Waals surface area contributed by atoms with E-state index in [4.69, 9.17) is 14.5 Å². The number of sulfonamides is 1. The molecule has 1 saturated heterocycles. The van der Waals surface area contributed by atoms with Crippen LogP contribution in [-0.4, -0.2) is 105 Å². The van der Waals surface area contributed by atoms with Crippen molar-refractivity contribution in [1.29, 1.82) is 0 Å². The zero-order chi connectivity index (χ0) is 39.5. The second-order valence-electron chi connectivity index (χ2n) is 16.8. The number of carboxylic acid groups (broad SMARTS) is 1. The quantitative estimate of drug-likeness (QED) is 0.344. The Morgan fingerprint density at radius 1 is 1.15 bits per heavy atom. The van der Waals surface area contributed by atoms with Crippen LogP contribution >= 0.6 is 0 Å². The van der Waals surface area contributed by atoms with Gasteiger partial charge in [-0.3, -0.25) is 24.0 Å². The van der Waals surface area contributed by atoms with E-state index >= 15 is 0 Å². The summed E-state index contributed by atoms with van der Waals surface area (Å²) in [6, 6.07) is 1.38. The van der Waals surface area contributed by atoms with Crippen LogP contribution < -0.4 is 19.5 Å². The first-order chi connectivity index (χ1) is 26.0. The number of carbonyl (C=O) groups is 4. The molecular weight excluding hydrogens is 729 g/mol. The van der Waals surface area contributed by atoms with Gasteiger partial charge in [-0.15, -0.1) is 0 Å². The maximum Gasteiger partial charge on any atom is 0.407 e. The van der Waals surface area contributed by atoms with Crippen LogP contribution in [0, 0.1) is 18.8 Å². The van der Waals surface area contributed by atoms with E-state index in [-0.39, 0.29) is 38.3 Å². The Bertz CT molecular complexity index is 2050. The first kappa shape index (κ1) is 38.8. The molecular formula is C39H52N6O9S. The molecule has 15 nitrogen and oxygen atoms in total. The molecule has 0 aromatic carbocycles. The third-order valence-electron chi connectivity index (χ3n) is 12.2. The zero-order valence-electron chi connectivity index (χ0n) is 32.2. The molecule has 0 unspecified atom stereocenters. The predicted molar refractivity (Wildman–Crippen MR) is 202 cm³/mol. The Hall–Kier alpha value is -4.47. The number of allylic oxidation sites excluding steroid dienone is 1. The fraction of sp³-hybridized carbons (Fsp3) is 0.641. The molecule has 0 bridgehead atoms. The van der Waals surface area contributed by atoms with E-state index in [1.54, 1.807) is 13.0 Å². The Morgan fingerprint density at radius 2 is 1.91 bits per heavy atom. The van der Waals surface area contributed by atoms with Gasteiger partial charge >= 0.3 is 6.09 Å². The van der Waals surface area contributed by atoms with Crippen molar-refractivity contribution in [2.45, 2.75) is 126 Å². The van der Waals surface area contributed by atoms with E-state index in [9.17, 15) is 32.7 Å². The number of fused-ring (bicyclic) bond motifs is 5. The molecule has 7 rings (SSSR count). The Balaban J connectivity index is 1.27. The third kappa shape index (κ3) is 7.22. The summed E-state index contributed by atoms with van der Waals surface area (Å²) in [5.74, 6) is -1.50. The molecule has 16 heteroatoms. The van der Waals surface area contributed by atoms with Gasteiger partial charge in [-0.1, -0.05) is 38.8 Å². The lowest BCUT2D eigenvalue weighted by atomic mass is 9.88. The van der Waals surface area contributed by atoms with E-state index in [0.29, 0.717) is 66.9 Å². The number of hydrogen-bond donors (Lipinski definition) is 3. The second kappa shape index (κ2) is 14.2. The van der Waals surface area contributed by atoms with Crippen LogP contribution in [0.4, 0.5) is 4.79 Å². The summed E-state index contributed by atoms with van der Waals surface area (Å²) in [6.07, 6.45) is 7.68. The summed E-state index contributed by atoms with van der Waals surface area (Å²) in [5.41, 5.74) is 0.195. The van der Waals surface area contributed by atoms with Gasteiger partial charge in [-0.2, -0.15) is 0 Å².